The molecule has 1 amide bonds. The van der Waals surface area contributed by atoms with Gasteiger partial charge in [-0.15, -0.1) is 0 Å². The van der Waals surface area contributed by atoms with Crippen molar-refractivity contribution in [2.24, 2.45) is 0 Å². The topological polar surface area (TPSA) is 42.0 Å². The van der Waals surface area contributed by atoms with Gasteiger partial charge in [-0.05, 0) is 22.0 Å². The highest BCUT2D eigenvalue weighted by Crippen LogP contribution is 2.18. The van der Waals surface area contributed by atoms with Crippen LogP contribution in [0.1, 0.15) is 17.2 Å². The molecule has 64 valence electrons. The molecule has 0 atom stereocenters. The standard InChI is InChI=1S/C7H6BrClN2O/c1-10-7(12)4-3-11-6(9)2-5(4)8/h2-3H,1H3,(H,10,12)/i1D3,2D,3D. The van der Waals surface area contributed by atoms with Crippen LogP contribution in [0.15, 0.2) is 16.7 Å². The third-order valence-electron chi connectivity index (χ3n) is 1.04. The highest BCUT2D eigenvalue weighted by molar-refractivity contribution is 9.10. The fourth-order valence-electron chi connectivity index (χ4n) is 0.548. The Labute approximate surface area is 90.3 Å². The SMILES string of the molecule is [2H]c1nc(Cl)c([2H])c(Br)c1C(=O)NC([2H])([2H])[2H]. The van der Waals surface area contributed by atoms with Gasteiger partial charge in [0.1, 0.15) is 5.15 Å². The van der Waals surface area contributed by atoms with Gasteiger partial charge in [-0.25, -0.2) is 4.98 Å². The van der Waals surface area contributed by atoms with Crippen molar-refractivity contribution in [3.8, 4) is 0 Å². The van der Waals surface area contributed by atoms with E-state index in [0.29, 0.717) is 0 Å². The maximum absolute atomic E-state index is 11.6. The minimum atomic E-state index is -2.68. The first-order valence-corrected chi connectivity index (χ1v) is 3.95. The van der Waals surface area contributed by atoms with E-state index < -0.39 is 19.1 Å². The zero-order chi connectivity index (χ0) is 13.4. The van der Waals surface area contributed by atoms with Gasteiger partial charge in [-0.2, -0.15) is 0 Å². The zero-order valence-electron chi connectivity index (χ0n) is 10.6. The molecule has 0 unspecified atom stereocenters. The molecule has 0 saturated heterocycles. The molecule has 1 aromatic rings. The number of hydrogen-bond donors (Lipinski definition) is 1. The van der Waals surface area contributed by atoms with Crippen LogP contribution in [0.3, 0.4) is 0 Å². The van der Waals surface area contributed by atoms with Crippen LogP contribution >= 0.6 is 27.5 Å². The van der Waals surface area contributed by atoms with Crippen LogP contribution in [0.5, 0.6) is 0 Å². The Hall–Kier alpha value is -0.610. The molecule has 3 nitrogen and oxygen atoms in total. The first-order chi connectivity index (χ1) is 7.63. The predicted octanol–water partition coefficient (Wildman–Crippen LogP) is 1.86. The molecule has 12 heavy (non-hydrogen) atoms. The van der Waals surface area contributed by atoms with Crippen molar-refractivity contribution in [1.82, 2.24) is 10.3 Å². The van der Waals surface area contributed by atoms with Gasteiger partial charge in [-0.3, -0.25) is 4.79 Å². The number of nitrogens with one attached hydrogen (secondary N) is 1. The lowest BCUT2D eigenvalue weighted by atomic mass is 10.3. The molecule has 0 aliphatic carbocycles. The summed E-state index contributed by atoms with van der Waals surface area (Å²) in [7, 11) is 0. The highest BCUT2D eigenvalue weighted by Gasteiger charge is 2.08. The molecular formula is C7H6BrClN2O. The lowest BCUT2D eigenvalue weighted by Crippen LogP contribution is -2.18. The summed E-state index contributed by atoms with van der Waals surface area (Å²) in [4.78, 5) is 15.0. The molecule has 0 saturated carbocycles. The summed E-state index contributed by atoms with van der Waals surface area (Å²) in [5.74, 6) is -1.01. The number of halogens is 2. The molecule has 0 spiro atoms. The molecule has 0 aliphatic heterocycles. The fraction of sp³-hybridized carbons (Fsp3) is 0.143. The third kappa shape index (κ3) is 1.95. The molecule has 1 rings (SSSR count). The van der Waals surface area contributed by atoms with Gasteiger partial charge >= 0.3 is 0 Å². The quantitative estimate of drug-likeness (QED) is 0.777. The van der Waals surface area contributed by atoms with Gasteiger partial charge in [-0.1, -0.05) is 11.6 Å². The number of hydrogen-bond acceptors (Lipinski definition) is 2. The van der Waals surface area contributed by atoms with E-state index in [1.165, 1.54) is 0 Å². The van der Waals surface area contributed by atoms with Crippen LogP contribution in [0.4, 0.5) is 0 Å². The summed E-state index contributed by atoms with van der Waals surface area (Å²) in [6.07, 6.45) is -0.500. The van der Waals surface area contributed by atoms with Crippen molar-refractivity contribution in [1.29, 1.82) is 0 Å². The number of aromatic nitrogens is 1. The lowest BCUT2D eigenvalue weighted by molar-refractivity contribution is 0.0962. The first-order valence-electron chi connectivity index (χ1n) is 5.28. The molecule has 1 heterocycles. The fourth-order valence-corrected chi connectivity index (χ4v) is 1.26. The van der Waals surface area contributed by atoms with Crippen LogP contribution < -0.4 is 5.32 Å². The number of pyridine rings is 1. The van der Waals surface area contributed by atoms with Crippen molar-refractivity contribution in [3.63, 3.8) is 0 Å². The molecule has 0 radical (unpaired) electrons. The Balaban J connectivity index is 3.24. The normalized spacial score (nSPS) is 16.7. The van der Waals surface area contributed by atoms with E-state index in [1.54, 1.807) is 5.32 Å². The molecule has 0 aliphatic rings. The Kier molecular flexibility index (Phi) is 1.48. The number of nitrogens with zero attached hydrogens (tertiary/aromatic N) is 1. The van der Waals surface area contributed by atoms with E-state index in [1.807, 2.05) is 0 Å². The number of rotatable bonds is 1. The summed E-state index contributed by atoms with van der Waals surface area (Å²) in [5, 5.41) is 1.47. The molecule has 0 bridgehead atoms. The van der Waals surface area contributed by atoms with Crippen molar-refractivity contribution < 1.29 is 11.6 Å². The smallest absolute Gasteiger partial charge is 0.253 e. The largest absolute Gasteiger partial charge is 0.355 e. The maximum Gasteiger partial charge on any atom is 0.253 e. The average Bonchev–Trinajstić information content (AvgIpc) is 2.11. The molecule has 5 heteroatoms. The van der Waals surface area contributed by atoms with E-state index >= 15 is 0 Å². The molecule has 1 N–H and O–H groups in total. The average molecular weight is 255 g/mol. The van der Waals surface area contributed by atoms with Crippen molar-refractivity contribution >= 4 is 33.4 Å². The summed E-state index contributed by atoms with van der Waals surface area (Å²) >= 11 is 8.45. The Morgan fingerprint density at radius 1 is 2.00 bits per heavy atom. The van der Waals surface area contributed by atoms with E-state index in [9.17, 15) is 4.79 Å². The molecule has 1 aromatic heterocycles. The van der Waals surface area contributed by atoms with E-state index in [-0.39, 0.29) is 21.2 Å². The lowest BCUT2D eigenvalue weighted by Gasteiger charge is -2.01. The van der Waals surface area contributed by atoms with Gasteiger partial charge < -0.3 is 5.32 Å². The van der Waals surface area contributed by atoms with Gasteiger partial charge in [0.15, 0.2) is 0 Å². The Morgan fingerprint density at radius 3 is 3.42 bits per heavy atom. The van der Waals surface area contributed by atoms with Gasteiger partial charge in [0.05, 0.1) is 8.30 Å². The minimum Gasteiger partial charge on any atom is -0.355 e. The third-order valence-corrected chi connectivity index (χ3v) is 1.81. The number of carbonyl (C=O) groups is 1. The van der Waals surface area contributed by atoms with Gasteiger partial charge in [0.2, 0.25) is 0 Å². The number of amides is 1. The highest BCUT2D eigenvalue weighted by atomic mass is 79.9. The van der Waals surface area contributed by atoms with Crippen LogP contribution in [0, 0.1) is 0 Å². The van der Waals surface area contributed by atoms with E-state index in [2.05, 4.69) is 20.9 Å². The van der Waals surface area contributed by atoms with Crippen LogP contribution in [-0.2, 0) is 0 Å². The predicted molar refractivity (Wildman–Crippen MR) is 50.3 cm³/mol. The second kappa shape index (κ2) is 3.87. The number of carbonyl (C=O) groups excluding carboxylic acids is 1. The first kappa shape index (κ1) is 4.58. The van der Waals surface area contributed by atoms with Crippen LogP contribution in [0.2, 0.25) is 5.15 Å². The van der Waals surface area contributed by atoms with Crippen molar-refractivity contribution in [3.05, 3.63) is 27.4 Å². The molecular weight excluding hydrogens is 243 g/mol. The van der Waals surface area contributed by atoms with Gasteiger partial charge in [0, 0.05) is 21.7 Å². The maximum atomic E-state index is 11.6. The Morgan fingerprint density at radius 2 is 2.75 bits per heavy atom. The van der Waals surface area contributed by atoms with Crippen molar-refractivity contribution in [2.45, 2.75) is 0 Å². The molecule has 0 aromatic carbocycles. The van der Waals surface area contributed by atoms with Crippen LogP contribution in [-0.4, -0.2) is 17.9 Å². The summed E-state index contributed by atoms with van der Waals surface area (Å²) < 4.78 is 35.5. The summed E-state index contributed by atoms with van der Waals surface area (Å²) in [5.41, 5.74) is -0.337. The Bertz CT molecular complexity index is 478. The second-order valence-corrected chi connectivity index (χ2v) is 2.93. The van der Waals surface area contributed by atoms with Crippen LogP contribution in [0.25, 0.3) is 0 Å². The van der Waals surface area contributed by atoms with Gasteiger partial charge in [0.25, 0.3) is 5.91 Å². The second-order valence-electron chi connectivity index (χ2n) is 1.78. The monoisotopic (exact) mass is 253 g/mol. The van der Waals surface area contributed by atoms with E-state index in [0.717, 1.165) is 0 Å². The zero-order valence-corrected chi connectivity index (χ0v) is 7.95. The summed E-state index contributed by atoms with van der Waals surface area (Å²) in [6.45, 7) is -2.68. The summed E-state index contributed by atoms with van der Waals surface area (Å²) in [6, 6.07) is -0.279. The minimum absolute atomic E-state index is 0.0655. The van der Waals surface area contributed by atoms with E-state index in [4.69, 9.17) is 18.5 Å². The molecule has 0 fully saturated rings. The van der Waals surface area contributed by atoms with Crippen molar-refractivity contribution in [2.75, 3.05) is 6.98 Å².